The quantitative estimate of drug-likeness (QED) is 0.766. The molecule has 0 unspecified atom stereocenters. The molecular weight excluding hydrogens is 240 g/mol. The van der Waals surface area contributed by atoms with Gasteiger partial charge in [0.15, 0.2) is 0 Å². The predicted octanol–water partition coefficient (Wildman–Crippen LogP) is 1.40. The van der Waals surface area contributed by atoms with Crippen LogP contribution in [-0.2, 0) is 13.0 Å². The summed E-state index contributed by atoms with van der Waals surface area (Å²) in [6, 6.07) is 8.10. The van der Waals surface area contributed by atoms with Crippen LogP contribution in [0.15, 0.2) is 36.7 Å². The molecule has 3 N–H and O–H groups in total. The van der Waals surface area contributed by atoms with Crippen molar-refractivity contribution >= 4 is 5.95 Å². The Bertz CT molecular complexity index is 496. The third-order valence-corrected chi connectivity index (χ3v) is 2.80. The van der Waals surface area contributed by atoms with Crippen LogP contribution in [0.1, 0.15) is 11.1 Å². The molecule has 0 amide bonds. The van der Waals surface area contributed by atoms with Crippen LogP contribution in [0, 0.1) is 0 Å². The van der Waals surface area contributed by atoms with Crippen LogP contribution in [0.3, 0.4) is 0 Å². The van der Waals surface area contributed by atoms with E-state index in [0.717, 1.165) is 30.8 Å². The van der Waals surface area contributed by atoms with Crippen molar-refractivity contribution in [2.75, 3.05) is 19.4 Å². The van der Waals surface area contributed by atoms with Crippen molar-refractivity contribution in [2.45, 2.75) is 13.0 Å². The maximum atomic E-state index is 5.43. The van der Waals surface area contributed by atoms with Crippen LogP contribution in [0.5, 0.6) is 5.75 Å². The molecule has 19 heavy (non-hydrogen) atoms. The summed E-state index contributed by atoms with van der Waals surface area (Å²) >= 11 is 0. The van der Waals surface area contributed by atoms with Crippen LogP contribution in [0.4, 0.5) is 5.95 Å². The molecule has 5 heteroatoms. The van der Waals surface area contributed by atoms with Crippen LogP contribution in [0.2, 0.25) is 0 Å². The molecule has 2 aromatic rings. The summed E-state index contributed by atoms with van der Waals surface area (Å²) < 4.78 is 5.12. The second-order valence-corrected chi connectivity index (χ2v) is 4.22. The van der Waals surface area contributed by atoms with E-state index < -0.39 is 0 Å². The average molecular weight is 258 g/mol. The van der Waals surface area contributed by atoms with E-state index in [9.17, 15) is 0 Å². The molecule has 100 valence electrons. The molecule has 0 fully saturated rings. The van der Waals surface area contributed by atoms with Gasteiger partial charge in [0.25, 0.3) is 0 Å². The maximum Gasteiger partial charge on any atom is 0.219 e. The first-order chi connectivity index (χ1) is 9.28. The Morgan fingerprint density at radius 2 is 1.79 bits per heavy atom. The van der Waals surface area contributed by atoms with Gasteiger partial charge in [0, 0.05) is 24.5 Å². The van der Waals surface area contributed by atoms with Crippen LogP contribution < -0.4 is 15.8 Å². The van der Waals surface area contributed by atoms with Crippen LogP contribution in [0.25, 0.3) is 0 Å². The number of rotatable bonds is 6. The molecule has 5 nitrogen and oxygen atoms in total. The van der Waals surface area contributed by atoms with Gasteiger partial charge in [-0.2, -0.15) is 0 Å². The highest BCUT2D eigenvalue weighted by molar-refractivity contribution is 5.27. The van der Waals surface area contributed by atoms with Gasteiger partial charge in [0.1, 0.15) is 5.75 Å². The Kier molecular flexibility index (Phi) is 4.69. The number of benzene rings is 1. The first kappa shape index (κ1) is 13.3. The van der Waals surface area contributed by atoms with Gasteiger partial charge in [-0.15, -0.1) is 0 Å². The van der Waals surface area contributed by atoms with Gasteiger partial charge in [-0.05, 0) is 30.7 Å². The molecule has 0 saturated carbocycles. The lowest BCUT2D eigenvalue weighted by molar-refractivity contribution is 0.414. The van der Waals surface area contributed by atoms with Gasteiger partial charge < -0.3 is 15.8 Å². The molecule has 0 aliphatic carbocycles. The van der Waals surface area contributed by atoms with E-state index in [4.69, 9.17) is 10.5 Å². The number of hydrogen-bond donors (Lipinski definition) is 2. The van der Waals surface area contributed by atoms with Crippen molar-refractivity contribution in [1.29, 1.82) is 0 Å². The topological polar surface area (TPSA) is 73.1 Å². The number of methoxy groups -OCH3 is 1. The number of nitrogens with one attached hydrogen (secondary N) is 1. The fourth-order valence-electron chi connectivity index (χ4n) is 1.71. The Balaban J connectivity index is 1.72. The largest absolute Gasteiger partial charge is 0.497 e. The van der Waals surface area contributed by atoms with Crippen molar-refractivity contribution in [2.24, 2.45) is 0 Å². The van der Waals surface area contributed by atoms with Crippen molar-refractivity contribution < 1.29 is 4.74 Å². The second-order valence-electron chi connectivity index (χ2n) is 4.22. The van der Waals surface area contributed by atoms with Crippen molar-refractivity contribution in [3.05, 3.63) is 47.8 Å². The normalized spacial score (nSPS) is 10.4. The van der Waals surface area contributed by atoms with E-state index in [1.165, 1.54) is 5.56 Å². The standard InChI is InChI=1S/C14H18N4O/c1-19-13-4-2-11(3-5-13)6-7-16-8-12-9-17-14(15)18-10-12/h2-5,9-10,16H,6-8H2,1H3,(H2,15,17,18). The summed E-state index contributed by atoms with van der Waals surface area (Å²) in [6.07, 6.45) is 4.45. The Morgan fingerprint density at radius 3 is 2.42 bits per heavy atom. The lowest BCUT2D eigenvalue weighted by atomic mass is 10.1. The van der Waals surface area contributed by atoms with E-state index in [2.05, 4.69) is 27.4 Å². The van der Waals surface area contributed by atoms with Gasteiger partial charge in [0.2, 0.25) is 5.95 Å². The Labute approximate surface area is 112 Å². The zero-order valence-corrected chi connectivity index (χ0v) is 11.0. The minimum Gasteiger partial charge on any atom is -0.497 e. The number of nitrogen functional groups attached to an aromatic ring is 1. The maximum absolute atomic E-state index is 5.43. The van der Waals surface area contributed by atoms with E-state index in [1.54, 1.807) is 19.5 Å². The zero-order valence-electron chi connectivity index (χ0n) is 11.0. The van der Waals surface area contributed by atoms with Crippen molar-refractivity contribution in [3.8, 4) is 5.75 Å². The highest BCUT2D eigenvalue weighted by Crippen LogP contribution is 2.11. The third kappa shape index (κ3) is 4.22. The van der Waals surface area contributed by atoms with Crippen molar-refractivity contribution in [3.63, 3.8) is 0 Å². The lowest BCUT2D eigenvalue weighted by Gasteiger charge is -2.06. The summed E-state index contributed by atoms with van der Waals surface area (Å²) in [5, 5.41) is 3.35. The van der Waals surface area contributed by atoms with E-state index in [1.807, 2.05) is 12.1 Å². The average Bonchev–Trinajstić information content (AvgIpc) is 2.46. The summed E-state index contributed by atoms with van der Waals surface area (Å²) in [7, 11) is 1.67. The summed E-state index contributed by atoms with van der Waals surface area (Å²) in [5.74, 6) is 1.19. The van der Waals surface area contributed by atoms with Crippen molar-refractivity contribution in [1.82, 2.24) is 15.3 Å². The molecule has 1 aromatic heterocycles. The summed E-state index contributed by atoms with van der Waals surface area (Å²) in [4.78, 5) is 7.90. The SMILES string of the molecule is COc1ccc(CCNCc2cnc(N)nc2)cc1. The predicted molar refractivity (Wildman–Crippen MR) is 74.8 cm³/mol. The Morgan fingerprint density at radius 1 is 1.11 bits per heavy atom. The van der Waals surface area contributed by atoms with Crippen LogP contribution in [-0.4, -0.2) is 23.6 Å². The lowest BCUT2D eigenvalue weighted by Crippen LogP contribution is -2.17. The van der Waals surface area contributed by atoms with Crippen LogP contribution >= 0.6 is 0 Å². The molecule has 0 bridgehead atoms. The highest BCUT2D eigenvalue weighted by Gasteiger charge is 1.96. The first-order valence-corrected chi connectivity index (χ1v) is 6.18. The molecule has 0 aliphatic rings. The van der Waals surface area contributed by atoms with Gasteiger partial charge in [0.05, 0.1) is 7.11 Å². The van der Waals surface area contributed by atoms with Gasteiger partial charge in [-0.3, -0.25) is 0 Å². The van der Waals surface area contributed by atoms with Gasteiger partial charge in [-0.25, -0.2) is 9.97 Å². The van der Waals surface area contributed by atoms with Gasteiger partial charge in [-0.1, -0.05) is 12.1 Å². The molecule has 0 spiro atoms. The van der Waals surface area contributed by atoms with Gasteiger partial charge >= 0.3 is 0 Å². The second kappa shape index (κ2) is 6.70. The minimum absolute atomic E-state index is 0.307. The number of nitrogens with zero attached hydrogens (tertiary/aromatic N) is 2. The molecule has 0 atom stereocenters. The smallest absolute Gasteiger partial charge is 0.219 e. The third-order valence-electron chi connectivity index (χ3n) is 2.80. The molecule has 2 rings (SSSR count). The molecule has 1 aromatic carbocycles. The number of ether oxygens (including phenoxy) is 1. The molecule has 0 aliphatic heterocycles. The minimum atomic E-state index is 0.307. The van der Waals surface area contributed by atoms with E-state index in [-0.39, 0.29) is 0 Å². The number of hydrogen-bond acceptors (Lipinski definition) is 5. The highest BCUT2D eigenvalue weighted by atomic mass is 16.5. The zero-order chi connectivity index (χ0) is 13.5. The number of nitrogens with two attached hydrogens (primary N) is 1. The van der Waals surface area contributed by atoms with E-state index >= 15 is 0 Å². The molecule has 0 saturated heterocycles. The monoisotopic (exact) mass is 258 g/mol. The number of anilines is 1. The molecule has 0 radical (unpaired) electrons. The first-order valence-electron chi connectivity index (χ1n) is 6.18. The fourth-order valence-corrected chi connectivity index (χ4v) is 1.71. The number of aromatic nitrogens is 2. The molecule has 1 heterocycles. The fraction of sp³-hybridized carbons (Fsp3) is 0.286. The molecular formula is C14H18N4O. The summed E-state index contributed by atoms with van der Waals surface area (Å²) in [5.41, 5.74) is 7.74. The van der Waals surface area contributed by atoms with E-state index in [0.29, 0.717) is 5.95 Å². The summed E-state index contributed by atoms with van der Waals surface area (Å²) in [6.45, 7) is 1.65. The Hall–Kier alpha value is -2.14.